The Morgan fingerprint density at radius 2 is 1.83 bits per heavy atom. The Hall–Kier alpha value is -2.90. The van der Waals surface area contributed by atoms with Crippen LogP contribution in [0.5, 0.6) is 0 Å². The number of ether oxygens (including phenoxy) is 1. The van der Waals surface area contributed by atoms with Crippen molar-refractivity contribution in [2.45, 2.75) is 39.2 Å². The van der Waals surface area contributed by atoms with Crippen LogP contribution >= 0.6 is 0 Å². The van der Waals surface area contributed by atoms with Crippen molar-refractivity contribution in [3.8, 4) is 0 Å². The molecule has 1 aliphatic rings. The molecule has 0 saturated carbocycles. The van der Waals surface area contributed by atoms with Crippen molar-refractivity contribution in [1.82, 2.24) is 15.5 Å². The van der Waals surface area contributed by atoms with E-state index in [4.69, 9.17) is 4.74 Å². The molecule has 2 N–H and O–H groups in total. The van der Waals surface area contributed by atoms with Crippen LogP contribution in [0.2, 0.25) is 0 Å². The van der Waals surface area contributed by atoms with Gasteiger partial charge in [0.1, 0.15) is 11.4 Å². The summed E-state index contributed by atoms with van der Waals surface area (Å²) < 4.78 is 18.7. The van der Waals surface area contributed by atoms with Gasteiger partial charge in [-0.1, -0.05) is 18.2 Å². The summed E-state index contributed by atoms with van der Waals surface area (Å²) in [6.45, 7) is 6.75. The molecule has 0 bridgehead atoms. The minimum atomic E-state index is -0.632. The van der Waals surface area contributed by atoms with Crippen molar-refractivity contribution in [3.63, 3.8) is 0 Å². The molecule has 0 aliphatic carbocycles. The van der Waals surface area contributed by atoms with E-state index < -0.39 is 11.7 Å². The van der Waals surface area contributed by atoms with Gasteiger partial charge >= 0.3 is 6.09 Å². The molecule has 3 amide bonds. The SMILES string of the molecule is CC(C)(C)OC(=O)NCC(=O)NCC1CCN(C(=O)/C=C/c2ccccc2F)CC1. The highest BCUT2D eigenvalue weighted by molar-refractivity contribution is 5.91. The zero-order valence-corrected chi connectivity index (χ0v) is 17.7. The van der Waals surface area contributed by atoms with Crippen LogP contribution in [-0.2, 0) is 14.3 Å². The molecule has 8 heteroatoms. The predicted molar refractivity (Wildman–Crippen MR) is 112 cm³/mol. The van der Waals surface area contributed by atoms with E-state index in [1.54, 1.807) is 43.9 Å². The first-order valence-corrected chi connectivity index (χ1v) is 10.1. The second kappa shape index (κ2) is 10.8. The van der Waals surface area contributed by atoms with Gasteiger partial charge in [-0.05, 0) is 51.7 Å². The molecule has 30 heavy (non-hydrogen) atoms. The van der Waals surface area contributed by atoms with Gasteiger partial charge in [0.05, 0.1) is 6.54 Å². The molecule has 164 valence electrons. The average molecular weight is 419 g/mol. The first kappa shape index (κ1) is 23.4. The van der Waals surface area contributed by atoms with Crippen molar-refractivity contribution >= 4 is 24.0 Å². The van der Waals surface area contributed by atoms with Gasteiger partial charge in [-0.3, -0.25) is 9.59 Å². The summed E-state index contributed by atoms with van der Waals surface area (Å²) in [6.07, 6.45) is 3.77. The summed E-state index contributed by atoms with van der Waals surface area (Å²) >= 11 is 0. The lowest BCUT2D eigenvalue weighted by molar-refractivity contribution is -0.127. The number of hydrogen-bond acceptors (Lipinski definition) is 4. The van der Waals surface area contributed by atoms with Crippen molar-refractivity contribution in [2.75, 3.05) is 26.2 Å². The summed E-state index contributed by atoms with van der Waals surface area (Å²) in [4.78, 5) is 37.5. The highest BCUT2D eigenvalue weighted by Crippen LogP contribution is 2.17. The predicted octanol–water partition coefficient (Wildman–Crippen LogP) is 2.72. The Morgan fingerprint density at radius 1 is 1.17 bits per heavy atom. The zero-order valence-electron chi connectivity index (χ0n) is 17.7. The van der Waals surface area contributed by atoms with Gasteiger partial charge < -0.3 is 20.3 Å². The number of nitrogens with zero attached hydrogens (tertiary/aromatic N) is 1. The summed E-state index contributed by atoms with van der Waals surface area (Å²) in [5.41, 5.74) is -0.236. The Balaban J connectivity index is 1.67. The lowest BCUT2D eigenvalue weighted by Gasteiger charge is -2.31. The lowest BCUT2D eigenvalue weighted by atomic mass is 9.96. The fraction of sp³-hybridized carbons (Fsp3) is 0.500. The third kappa shape index (κ3) is 8.23. The number of hydrogen-bond donors (Lipinski definition) is 2. The third-order valence-corrected chi connectivity index (χ3v) is 4.62. The number of rotatable bonds is 6. The van der Waals surface area contributed by atoms with E-state index >= 15 is 0 Å². The second-order valence-corrected chi connectivity index (χ2v) is 8.28. The highest BCUT2D eigenvalue weighted by atomic mass is 19.1. The van der Waals surface area contributed by atoms with Gasteiger partial charge in [-0.15, -0.1) is 0 Å². The number of carbonyl (C=O) groups excluding carboxylic acids is 3. The van der Waals surface area contributed by atoms with Crippen LogP contribution in [0.15, 0.2) is 30.3 Å². The number of benzene rings is 1. The van der Waals surface area contributed by atoms with Crippen LogP contribution < -0.4 is 10.6 Å². The Morgan fingerprint density at radius 3 is 2.47 bits per heavy atom. The first-order valence-electron chi connectivity index (χ1n) is 10.1. The summed E-state index contributed by atoms with van der Waals surface area (Å²) in [6, 6.07) is 6.29. The van der Waals surface area contributed by atoms with Gasteiger partial charge in [0.25, 0.3) is 0 Å². The maximum absolute atomic E-state index is 13.6. The van der Waals surface area contributed by atoms with Crippen molar-refractivity contribution in [2.24, 2.45) is 5.92 Å². The van der Waals surface area contributed by atoms with Crippen molar-refractivity contribution < 1.29 is 23.5 Å². The molecule has 1 aliphatic heterocycles. The topological polar surface area (TPSA) is 87.7 Å². The average Bonchev–Trinajstić information content (AvgIpc) is 2.69. The smallest absolute Gasteiger partial charge is 0.408 e. The van der Waals surface area contributed by atoms with Gasteiger partial charge in [-0.2, -0.15) is 0 Å². The van der Waals surface area contributed by atoms with E-state index in [1.165, 1.54) is 18.2 Å². The van der Waals surface area contributed by atoms with E-state index in [9.17, 15) is 18.8 Å². The summed E-state index contributed by atoms with van der Waals surface area (Å²) in [5, 5.41) is 5.22. The monoisotopic (exact) mass is 419 g/mol. The Labute approximate surface area is 176 Å². The molecule has 1 saturated heterocycles. The maximum Gasteiger partial charge on any atom is 0.408 e. The van der Waals surface area contributed by atoms with E-state index in [2.05, 4.69) is 10.6 Å². The number of halogens is 1. The number of likely N-dealkylation sites (tertiary alicyclic amines) is 1. The fourth-order valence-corrected chi connectivity index (χ4v) is 3.02. The number of nitrogens with one attached hydrogen (secondary N) is 2. The van der Waals surface area contributed by atoms with Crippen LogP contribution in [-0.4, -0.2) is 54.6 Å². The molecule has 1 heterocycles. The maximum atomic E-state index is 13.6. The molecule has 0 atom stereocenters. The molecular formula is C22H30FN3O4. The second-order valence-electron chi connectivity index (χ2n) is 8.28. The lowest BCUT2D eigenvalue weighted by Crippen LogP contribution is -2.43. The molecule has 0 spiro atoms. The summed E-state index contributed by atoms with van der Waals surface area (Å²) in [5.74, 6) is -0.540. The van der Waals surface area contributed by atoms with E-state index in [-0.39, 0.29) is 30.1 Å². The number of carbonyl (C=O) groups is 3. The molecular weight excluding hydrogens is 389 g/mol. The quantitative estimate of drug-likeness (QED) is 0.694. The van der Waals surface area contributed by atoms with Crippen LogP contribution in [0.4, 0.5) is 9.18 Å². The molecule has 0 radical (unpaired) electrons. The fourth-order valence-electron chi connectivity index (χ4n) is 3.02. The van der Waals surface area contributed by atoms with Gasteiger partial charge in [0, 0.05) is 31.3 Å². The molecule has 7 nitrogen and oxygen atoms in total. The van der Waals surface area contributed by atoms with Gasteiger partial charge in [0.2, 0.25) is 11.8 Å². The number of amides is 3. The van der Waals surface area contributed by atoms with E-state index in [1.807, 2.05) is 0 Å². The number of piperidine rings is 1. The van der Waals surface area contributed by atoms with Crippen LogP contribution in [0.3, 0.4) is 0 Å². The normalized spacial score (nSPS) is 15.1. The third-order valence-electron chi connectivity index (χ3n) is 4.62. The Bertz CT molecular complexity index is 781. The minimum absolute atomic E-state index is 0.146. The molecule has 1 aromatic carbocycles. The van der Waals surface area contributed by atoms with Crippen molar-refractivity contribution in [3.05, 3.63) is 41.7 Å². The molecule has 2 rings (SSSR count). The molecule has 0 unspecified atom stereocenters. The standard InChI is InChI=1S/C22H30FN3O4/c1-22(2,3)30-21(29)25-15-19(27)24-14-16-10-12-26(13-11-16)20(28)9-8-17-6-4-5-7-18(17)23/h4-9,16H,10-15H2,1-3H3,(H,24,27)(H,25,29)/b9-8+. The van der Waals surface area contributed by atoms with Gasteiger partial charge in [-0.25, -0.2) is 9.18 Å². The minimum Gasteiger partial charge on any atom is -0.444 e. The first-order chi connectivity index (χ1) is 14.1. The van der Waals surface area contributed by atoms with Gasteiger partial charge in [0.15, 0.2) is 0 Å². The van der Waals surface area contributed by atoms with E-state index in [0.29, 0.717) is 25.2 Å². The van der Waals surface area contributed by atoms with E-state index in [0.717, 1.165) is 12.8 Å². The largest absolute Gasteiger partial charge is 0.444 e. The molecule has 0 aromatic heterocycles. The molecule has 1 aromatic rings. The number of alkyl carbamates (subject to hydrolysis) is 1. The summed E-state index contributed by atoms with van der Waals surface area (Å²) in [7, 11) is 0. The zero-order chi connectivity index (χ0) is 22.1. The van der Waals surface area contributed by atoms with Crippen LogP contribution in [0, 0.1) is 11.7 Å². The van der Waals surface area contributed by atoms with Crippen molar-refractivity contribution in [1.29, 1.82) is 0 Å². The highest BCUT2D eigenvalue weighted by Gasteiger charge is 2.22. The molecule has 1 fully saturated rings. The Kier molecular flexibility index (Phi) is 8.38. The van der Waals surface area contributed by atoms with Crippen LogP contribution in [0.25, 0.3) is 6.08 Å². The van der Waals surface area contributed by atoms with Crippen LogP contribution in [0.1, 0.15) is 39.2 Å².